The second-order valence-corrected chi connectivity index (χ2v) is 6.80. The number of aromatic nitrogens is 2. The van der Waals surface area contributed by atoms with Gasteiger partial charge < -0.3 is 10.3 Å². The molecule has 6 nitrogen and oxygen atoms in total. The Morgan fingerprint density at radius 3 is 2.67 bits per heavy atom. The topological polar surface area (TPSA) is 90.0 Å². The van der Waals surface area contributed by atoms with Gasteiger partial charge >= 0.3 is 0 Å². The highest BCUT2D eigenvalue weighted by molar-refractivity contribution is 7.89. The van der Waals surface area contributed by atoms with Crippen molar-refractivity contribution >= 4 is 15.7 Å². The number of hydrogen-bond acceptors (Lipinski definition) is 4. The van der Waals surface area contributed by atoms with E-state index in [0.29, 0.717) is 24.2 Å². The van der Waals surface area contributed by atoms with Crippen LogP contribution in [-0.4, -0.2) is 24.5 Å². The van der Waals surface area contributed by atoms with E-state index < -0.39 is 10.0 Å². The van der Waals surface area contributed by atoms with Gasteiger partial charge in [0, 0.05) is 38.1 Å². The Morgan fingerprint density at radius 1 is 1.33 bits per heavy atom. The number of imidazole rings is 1. The van der Waals surface area contributed by atoms with E-state index in [1.807, 2.05) is 24.7 Å². The van der Waals surface area contributed by atoms with Gasteiger partial charge in [-0.1, -0.05) is 0 Å². The highest BCUT2D eigenvalue weighted by atomic mass is 32.2. The summed E-state index contributed by atoms with van der Waals surface area (Å²) in [4.78, 5) is 4.40. The van der Waals surface area contributed by atoms with E-state index in [0.717, 1.165) is 11.4 Å². The first-order chi connectivity index (χ1) is 9.81. The van der Waals surface area contributed by atoms with Gasteiger partial charge in [0.1, 0.15) is 5.82 Å². The van der Waals surface area contributed by atoms with Crippen molar-refractivity contribution in [1.82, 2.24) is 14.3 Å². The summed E-state index contributed by atoms with van der Waals surface area (Å²) in [7, 11) is -1.69. The highest BCUT2D eigenvalue weighted by Gasteiger charge is 2.18. The van der Waals surface area contributed by atoms with Gasteiger partial charge in [-0.25, -0.2) is 18.1 Å². The minimum Gasteiger partial charge on any atom is -0.399 e. The minimum absolute atomic E-state index is 0.236. The molecular weight excluding hydrogens is 288 g/mol. The van der Waals surface area contributed by atoms with Gasteiger partial charge in [-0.2, -0.15) is 0 Å². The number of nitrogens with two attached hydrogens (primary N) is 1. The zero-order chi connectivity index (χ0) is 15.6. The van der Waals surface area contributed by atoms with Crippen LogP contribution < -0.4 is 10.5 Å². The summed E-state index contributed by atoms with van der Waals surface area (Å²) in [6, 6.07) is 3.26. The molecule has 2 aromatic rings. The normalized spacial score (nSPS) is 11.8. The van der Waals surface area contributed by atoms with Crippen LogP contribution in [0.25, 0.3) is 0 Å². The van der Waals surface area contributed by atoms with Crippen LogP contribution in [0.1, 0.15) is 17.0 Å². The maximum atomic E-state index is 12.4. The number of nitrogens with zero attached hydrogens (tertiary/aromatic N) is 2. The maximum absolute atomic E-state index is 12.4. The molecule has 0 fully saturated rings. The summed E-state index contributed by atoms with van der Waals surface area (Å²) in [5.41, 5.74) is 7.77. The molecule has 0 aliphatic carbocycles. The monoisotopic (exact) mass is 308 g/mol. The van der Waals surface area contributed by atoms with Crippen LogP contribution in [-0.2, 0) is 23.5 Å². The van der Waals surface area contributed by atoms with Gasteiger partial charge in [0.15, 0.2) is 0 Å². The van der Waals surface area contributed by atoms with E-state index in [4.69, 9.17) is 5.73 Å². The predicted octanol–water partition coefficient (Wildman–Crippen LogP) is 1.14. The first-order valence-corrected chi connectivity index (χ1v) is 8.12. The van der Waals surface area contributed by atoms with Gasteiger partial charge in [-0.05, 0) is 37.1 Å². The van der Waals surface area contributed by atoms with Crippen LogP contribution in [0.5, 0.6) is 0 Å². The van der Waals surface area contributed by atoms with Crippen LogP contribution in [0.4, 0.5) is 5.69 Å². The Hall–Kier alpha value is -1.86. The fraction of sp³-hybridized carbons (Fsp3) is 0.357. The summed E-state index contributed by atoms with van der Waals surface area (Å²) < 4.78 is 29.2. The van der Waals surface area contributed by atoms with Gasteiger partial charge in [0.2, 0.25) is 10.0 Å². The molecule has 0 aliphatic rings. The largest absolute Gasteiger partial charge is 0.399 e. The highest BCUT2D eigenvalue weighted by Crippen LogP contribution is 2.22. The zero-order valence-corrected chi connectivity index (χ0v) is 13.2. The third-order valence-corrected chi connectivity index (χ3v) is 5.08. The minimum atomic E-state index is -3.57. The van der Waals surface area contributed by atoms with Crippen molar-refractivity contribution in [2.24, 2.45) is 7.05 Å². The number of aryl methyl sites for hydroxylation is 2. The molecule has 3 N–H and O–H groups in total. The van der Waals surface area contributed by atoms with Gasteiger partial charge in [-0.15, -0.1) is 0 Å². The van der Waals surface area contributed by atoms with Crippen molar-refractivity contribution in [3.8, 4) is 0 Å². The Morgan fingerprint density at radius 2 is 2.05 bits per heavy atom. The Balaban J connectivity index is 2.14. The number of nitrogen functional groups attached to an aromatic ring is 1. The van der Waals surface area contributed by atoms with Crippen LogP contribution in [0.3, 0.4) is 0 Å². The van der Waals surface area contributed by atoms with Crippen molar-refractivity contribution in [2.45, 2.75) is 25.2 Å². The van der Waals surface area contributed by atoms with Crippen molar-refractivity contribution in [3.05, 3.63) is 41.5 Å². The lowest BCUT2D eigenvalue weighted by atomic mass is 10.1. The molecule has 0 unspecified atom stereocenters. The van der Waals surface area contributed by atoms with Crippen molar-refractivity contribution < 1.29 is 8.42 Å². The summed E-state index contributed by atoms with van der Waals surface area (Å²) in [5, 5.41) is 0. The molecule has 1 aromatic carbocycles. The molecule has 114 valence electrons. The maximum Gasteiger partial charge on any atom is 0.240 e. The molecule has 0 aliphatic heterocycles. The SMILES string of the molecule is Cc1cc(N)cc(S(=O)(=O)NCCc2nccn2C)c1C. The van der Waals surface area contributed by atoms with Crippen LogP contribution in [0, 0.1) is 13.8 Å². The summed E-state index contributed by atoms with van der Waals surface area (Å²) in [5.74, 6) is 0.832. The molecule has 0 bridgehead atoms. The molecule has 0 saturated carbocycles. The Bertz CT molecular complexity index is 750. The molecule has 2 rings (SSSR count). The van der Waals surface area contributed by atoms with Crippen molar-refractivity contribution in [3.63, 3.8) is 0 Å². The van der Waals surface area contributed by atoms with Crippen molar-refractivity contribution in [1.29, 1.82) is 0 Å². The third kappa shape index (κ3) is 3.43. The number of benzene rings is 1. The number of nitrogens with one attached hydrogen (secondary N) is 1. The van der Waals surface area contributed by atoms with E-state index in [-0.39, 0.29) is 4.90 Å². The molecule has 1 heterocycles. The lowest BCUT2D eigenvalue weighted by Gasteiger charge is -2.12. The molecule has 0 spiro atoms. The van der Waals surface area contributed by atoms with Crippen LogP contribution in [0.15, 0.2) is 29.4 Å². The van der Waals surface area contributed by atoms with Gasteiger partial charge in [0.05, 0.1) is 4.90 Å². The van der Waals surface area contributed by atoms with Gasteiger partial charge in [0.25, 0.3) is 0 Å². The van der Waals surface area contributed by atoms with E-state index in [9.17, 15) is 8.42 Å². The van der Waals surface area contributed by atoms with E-state index in [2.05, 4.69) is 9.71 Å². The van der Waals surface area contributed by atoms with Gasteiger partial charge in [-0.3, -0.25) is 0 Å². The molecule has 0 saturated heterocycles. The predicted molar refractivity (Wildman–Crippen MR) is 82.4 cm³/mol. The smallest absolute Gasteiger partial charge is 0.240 e. The average Bonchev–Trinajstić information content (AvgIpc) is 2.79. The quantitative estimate of drug-likeness (QED) is 0.811. The van der Waals surface area contributed by atoms with Crippen LogP contribution in [0.2, 0.25) is 0 Å². The van der Waals surface area contributed by atoms with Crippen LogP contribution >= 0.6 is 0 Å². The number of hydrogen-bond donors (Lipinski definition) is 2. The fourth-order valence-electron chi connectivity index (χ4n) is 2.15. The zero-order valence-electron chi connectivity index (χ0n) is 12.4. The number of rotatable bonds is 5. The number of sulfonamides is 1. The fourth-order valence-corrected chi connectivity index (χ4v) is 3.53. The molecule has 0 amide bonds. The molecule has 21 heavy (non-hydrogen) atoms. The first kappa shape index (κ1) is 15.5. The van der Waals surface area contributed by atoms with E-state index in [1.165, 1.54) is 6.07 Å². The second kappa shape index (κ2) is 5.87. The molecular formula is C14H20N4O2S. The summed E-state index contributed by atoms with van der Waals surface area (Å²) >= 11 is 0. The Labute approximate surface area is 125 Å². The number of anilines is 1. The summed E-state index contributed by atoms with van der Waals surface area (Å²) in [6.07, 6.45) is 4.05. The van der Waals surface area contributed by atoms with E-state index >= 15 is 0 Å². The second-order valence-electron chi connectivity index (χ2n) is 5.06. The Kier molecular flexibility index (Phi) is 4.34. The van der Waals surface area contributed by atoms with Crippen molar-refractivity contribution in [2.75, 3.05) is 12.3 Å². The molecule has 0 atom stereocenters. The lowest BCUT2D eigenvalue weighted by Crippen LogP contribution is -2.27. The lowest BCUT2D eigenvalue weighted by molar-refractivity contribution is 0.579. The van der Waals surface area contributed by atoms with E-state index in [1.54, 1.807) is 19.2 Å². The molecule has 0 radical (unpaired) electrons. The average molecular weight is 308 g/mol. The third-order valence-electron chi connectivity index (χ3n) is 3.49. The molecule has 7 heteroatoms. The summed E-state index contributed by atoms with van der Waals surface area (Å²) in [6.45, 7) is 3.92. The molecule has 1 aromatic heterocycles. The standard InChI is InChI=1S/C14H20N4O2S/c1-10-8-12(15)9-13(11(10)2)21(19,20)17-5-4-14-16-6-7-18(14)3/h6-9,17H,4-5,15H2,1-3H3. The first-order valence-electron chi connectivity index (χ1n) is 6.64.